The van der Waals surface area contributed by atoms with Gasteiger partial charge in [-0.1, -0.05) is 24.1 Å². The molecule has 0 radical (unpaired) electrons. The average molecular weight is 272 g/mol. The van der Waals surface area contributed by atoms with Gasteiger partial charge in [0.2, 0.25) is 0 Å². The van der Waals surface area contributed by atoms with E-state index in [1.54, 1.807) is 0 Å². The Balaban J connectivity index is 2.34. The Kier molecular flexibility index (Phi) is 7.09. The summed E-state index contributed by atoms with van der Waals surface area (Å²) in [7, 11) is 0. The first-order chi connectivity index (χ1) is 8.65. The zero-order valence-corrected chi connectivity index (χ0v) is 11.6. The summed E-state index contributed by atoms with van der Waals surface area (Å²) in [4.78, 5) is 0. The molecule has 1 rings (SSSR count). The molecule has 0 aliphatic carbocycles. The van der Waals surface area contributed by atoms with E-state index in [2.05, 4.69) is 0 Å². The minimum absolute atomic E-state index is 0.0185. The number of hydrogen-bond acceptors (Lipinski definition) is 3. The molecule has 0 bridgehead atoms. The van der Waals surface area contributed by atoms with Crippen molar-refractivity contribution in [2.45, 2.75) is 38.6 Å². The van der Waals surface area contributed by atoms with E-state index in [-0.39, 0.29) is 12.6 Å². The van der Waals surface area contributed by atoms with E-state index in [0.29, 0.717) is 17.4 Å². The van der Waals surface area contributed by atoms with Crippen molar-refractivity contribution in [2.24, 2.45) is 5.73 Å². The fraction of sp³-hybridized carbons (Fsp3) is 0.571. The molecule has 0 unspecified atom stereocenters. The third-order valence-corrected chi connectivity index (χ3v) is 3.09. The van der Waals surface area contributed by atoms with Gasteiger partial charge in [-0.25, -0.2) is 0 Å². The van der Waals surface area contributed by atoms with Crippen molar-refractivity contribution in [1.82, 2.24) is 0 Å². The highest BCUT2D eigenvalue weighted by atomic mass is 35.5. The molecular weight excluding hydrogens is 250 g/mol. The van der Waals surface area contributed by atoms with Crippen LogP contribution in [0.1, 0.15) is 44.2 Å². The molecule has 0 aliphatic rings. The number of halogens is 1. The van der Waals surface area contributed by atoms with Gasteiger partial charge in [0.05, 0.1) is 11.6 Å². The van der Waals surface area contributed by atoms with Crippen LogP contribution in [0.25, 0.3) is 0 Å². The van der Waals surface area contributed by atoms with Crippen molar-refractivity contribution in [3.8, 4) is 5.75 Å². The van der Waals surface area contributed by atoms with Gasteiger partial charge >= 0.3 is 0 Å². The fourth-order valence-electron chi connectivity index (χ4n) is 1.67. The molecule has 18 heavy (non-hydrogen) atoms. The fourth-order valence-corrected chi connectivity index (χ4v) is 1.91. The number of aliphatic hydroxyl groups is 1. The SMILES string of the molecule is C[C@@H](N)c1ccc(OCCCCCCO)c(Cl)c1. The topological polar surface area (TPSA) is 55.5 Å². The lowest BCUT2D eigenvalue weighted by Gasteiger charge is -2.11. The molecule has 1 atom stereocenters. The normalized spacial score (nSPS) is 12.4. The summed E-state index contributed by atoms with van der Waals surface area (Å²) in [6.45, 7) is 2.85. The lowest BCUT2D eigenvalue weighted by atomic mass is 10.1. The lowest BCUT2D eigenvalue weighted by molar-refractivity contribution is 0.273. The molecule has 0 fully saturated rings. The highest BCUT2D eigenvalue weighted by molar-refractivity contribution is 6.32. The number of hydrogen-bond donors (Lipinski definition) is 2. The van der Waals surface area contributed by atoms with Gasteiger partial charge in [-0.2, -0.15) is 0 Å². The molecule has 0 saturated heterocycles. The van der Waals surface area contributed by atoms with Crippen molar-refractivity contribution in [1.29, 1.82) is 0 Å². The third kappa shape index (κ3) is 5.25. The standard InChI is InChI=1S/C14H22ClNO2/c1-11(16)12-6-7-14(13(15)10-12)18-9-5-3-2-4-8-17/h6-7,10-11,17H,2-5,8-9,16H2,1H3/t11-/m1/s1. The molecule has 3 nitrogen and oxygen atoms in total. The van der Waals surface area contributed by atoms with Gasteiger partial charge in [0.25, 0.3) is 0 Å². The van der Waals surface area contributed by atoms with Crippen LogP contribution in [-0.2, 0) is 0 Å². The van der Waals surface area contributed by atoms with Crippen LogP contribution < -0.4 is 10.5 Å². The second-order valence-electron chi connectivity index (χ2n) is 4.46. The van der Waals surface area contributed by atoms with Crippen LogP contribution in [0.2, 0.25) is 5.02 Å². The zero-order chi connectivity index (χ0) is 13.4. The first-order valence-electron chi connectivity index (χ1n) is 6.44. The maximum absolute atomic E-state index is 8.65. The molecule has 0 heterocycles. The smallest absolute Gasteiger partial charge is 0.137 e. The number of benzene rings is 1. The Labute approximate surface area is 114 Å². The van der Waals surface area contributed by atoms with E-state index in [1.807, 2.05) is 25.1 Å². The molecule has 1 aromatic rings. The van der Waals surface area contributed by atoms with Crippen molar-refractivity contribution >= 4 is 11.6 Å². The molecule has 4 heteroatoms. The maximum Gasteiger partial charge on any atom is 0.137 e. The van der Waals surface area contributed by atoms with Crippen LogP contribution in [0, 0.1) is 0 Å². The Morgan fingerprint density at radius 2 is 2.00 bits per heavy atom. The number of rotatable bonds is 8. The summed E-state index contributed by atoms with van der Waals surface area (Å²) in [6, 6.07) is 5.65. The van der Waals surface area contributed by atoms with Gasteiger partial charge in [-0.05, 0) is 43.9 Å². The summed E-state index contributed by atoms with van der Waals surface area (Å²) in [6.07, 6.45) is 3.95. The van der Waals surface area contributed by atoms with E-state index in [1.165, 1.54) is 0 Å². The van der Waals surface area contributed by atoms with Crippen LogP contribution in [0.15, 0.2) is 18.2 Å². The predicted octanol–water partition coefficient (Wildman–Crippen LogP) is 3.29. The van der Waals surface area contributed by atoms with E-state index in [4.69, 9.17) is 27.2 Å². The first kappa shape index (κ1) is 15.3. The minimum atomic E-state index is -0.0185. The third-order valence-electron chi connectivity index (χ3n) is 2.79. The molecule has 3 N–H and O–H groups in total. The highest BCUT2D eigenvalue weighted by Crippen LogP contribution is 2.27. The zero-order valence-electron chi connectivity index (χ0n) is 10.9. The van der Waals surface area contributed by atoms with E-state index >= 15 is 0 Å². The molecule has 0 spiro atoms. The van der Waals surface area contributed by atoms with Crippen LogP contribution in [0.4, 0.5) is 0 Å². The van der Waals surface area contributed by atoms with Crippen LogP contribution in [0.5, 0.6) is 5.75 Å². The van der Waals surface area contributed by atoms with E-state index < -0.39 is 0 Å². The maximum atomic E-state index is 8.65. The average Bonchev–Trinajstić information content (AvgIpc) is 2.35. The minimum Gasteiger partial charge on any atom is -0.492 e. The number of ether oxygens (including phenoxy) is 1. The molecule has 102 valence electrons. The highest BCUT2D eigenvalue weighted by Gasteiger charge is 2.05. The summed E-state index contributed by atoms with van der Waals surface area (Å²) < 4.78 is 5.62. The number of aliphatic hydroxyl groups excluding tert-OH is 1. The Hall–Kier alpha value is -0.770. The van der Waals surface area contributed by atoms with Crippen LogP contribution >= 0.6 is 11.6 Å². The second-order valence-corrected chi connectivity index (χ2v) is 4.87. The summed E-state index contributed by atoms with van der Waals surface area (Å²) in [5.74, 6) is 0.711. The van der Waals surface area contributed by atoms with E-state index in [0.717, 1.165) is 31.2 Å². The Morgan fingerprint density at radius 1 is 1.28 bits per heavy atom. The first-order valence-corrected chi connectivity index (χ1v) is 6.81. The van der Waals surface area contributed by atoms with Gasteiger partial charge < -0.3 is 15.6 Å². The quantitative estimate of drug-likeness (QED) is 0.714. The van der Waals surface area contributed by atoms with Crippen molar-refractivity contribution < 1.29 is 9.84 Å². The molecule has 0 aliphatic heterocycles. The number of unbranched alkanes of at least 4 members (excludes halogenated alkanes) is 3. The van der Waals surface area contributed by atoms with Crippen molar-refractivity contribution in [2.75, 3.05) is 13.2 Å². The van der Waals surface area contributed by atoms with Crippen molar-refractivity contribution in [3.63, 3.8) is 0 Å². The molecule has 1 aromatic carbocycles. The Bertz CT molecular complexity index is 356. The Morgan fingerprint density at radius 3 is 2.61 bits per heavy atom. The second kappa shape index (κ2) is 8.35. The van der Waals surface area contributed by atoms with Gasteiger partial charge in [0.1, 0.15) is 5.75 Å². The van der Waals surface area contributed by atoms with Crippen molar-refractivity contribution in [3.05, 3.63) is 28.8 Å². The molecule has 0 amide bonds. The van der Waals surface area contributed by atoms with E-state index in [9.17, 15) is 0 Å². The van der Waals surface area contributed by atoms with Gasteiger partial charge in [-0.15, -0.1) is 0 Å². The van der Waals surface area contributed by atoms with Crippen LogP contribution in [-0.4, -0.2) is 18.3 Å². The van der Waals surface area contributed by atoms with Gasteiger partial charge in [0, 0.05) is 12.6 Å². The molecular formula is C14H22ClNO2. The predicted molar refractivity (Wildman–Crippen MR) is 75.1 cm³/mol. The summed E-state index contributed by atoms with van der Waals surface area (Å²) in [5.41, 5.74) is 6.79. The largest absolute Gasteiger partial charge is 0.492 e. The summed E-state index contributed by atoms with van der Waals surface area (Å²) >= 11 is 6.12. The summed E-state index contributed by atoms with van der Waals surface area (Å²) in [5, 5.41) is 9.26. The molecule has 0 saturated carbocycles. The molecule has 0 aromatic heterocycles. The van der Waals surface area contributed by atoms with Gasteiger partial charge in [-0.3, -0.25) is 0 Å². The number of nitrogens with two attached hydrogens (primary N) is 1. The van der Waals surface area contributed by atoms with Crippen LogP contribution in [0.3, 0.4) is 0 Å². The lowest BCUT2D eigenvalue weighted by Crippen LogP contribution is -2.05. The monoisotopic (exact) mass is 271 g/mol. The van der Waals surface area contributed by atoms with Gasteiger partial charge in [0.15, 0.2) is 0 Å².